The molecule has 2 aliphatic rings. The van der Waals surface area contributed by atoms with Crippen LogP contribution in [0.15, 0.2) is 42.5 Å². The lowest BCUT2D eigenvalue weighted by Gasteiger charge is -2.24. The van der Waals surface area contributed by atoms with E-state index in [4.69, 9.17) is 21.1 Å². The van der Waals surface area contributed by atoms with Crippen LogP contribution in [0.5, 0.6) is 11.5 Å². The fourth-order valence-corrected chi connectivity index (χ4v) is 3.67. The molecule has 2 amide bonds. The van der Waals surface area contributed by atoms with Crippen molar-refractivity contribution in [3.8, 4) is 11.5 Å². The summed E-state index contributed by atoms with van der Waals surface area (Å²) in [4.78, 5) is 26.6. The van der Waals surface area contributed by atoms with Gasteiger partial charge in [0.25, 0.3) is 0 Å². The van der Waals surface area contributed by atoms with Crippen LogP contribution in [0.25, 0.3) is 0 Å². The molecule has 0 aromatic heterocycles. The quantitative estimate of drug-likeness (QED) is 0.809. The van der Waals surface area contributed by atoms with Crippen LogP contribution >= 0.6 is 11.6 Å². The van der Waals surface area contributed by atoms with Crippen molar-refractivity contribution in [1.82, 2.24) is 10.2 Å². The fraction of sp³-hybridized carbons (Fsp3) is 0.333. The van der Waals surface area contributed by atoms with Gasteiger partial charge in [0, 0.05) is 24.5 Å². The Morgan fingerprint density at radius 2 is 1.86 bits per heavy atom. The van der Waals surface area contributed by atoms with E-state index in [9.17, 15) is 9.59 Å². The Labute approximate surface area is 168 Å². The summed E-state index contributed by atoms with van der Waals surface area (Å²) in [6.45, 7) is 1.11. The molecule has 1 fully saturated rings. The molecular weight excluding hydrogens is 380 g/mol. The molecule has 0 aliphatic carbocycles. The zero-order chi connectivity index (χ0) is 19.5. The van der Waals surface area contributed by atoms with E-state index in [2.05, 4.69) is 5.32 Å². The molecule has 1 atom stereocenters. The predicted molar refractivity (Wildman–Crippen MR) is 104 cm³/mol. The molecule has 2 aromatic rings. The molecule has 1 saturated heterocycles. The van der Waals surface area contributed by atoms with Crippen molar-refractivity contribution in [3.63, 3.8) is 0 Å². The van der Waals surface area contributed by atoms with E-state index in [1.54, 1.807) is 4.90 Å². The Hall–Kier alpha value is -2.73. The summed E-state index contributed by atoms with van der Waals surface area (Å²) < 4.78 is 10.7. The number of amides is 2. The summed E-state index contributed by atoms with van der Waals surface area (Å²) in [6, 6.07) is 12.7. The molecule has 2 aromatic carbocycles. The molecule has 7 heteroatoms. The fourth-order valence-electron chi connectivity index (χ4n) is 3.54. The molecule has 1 N–H and O–H groups in total. The van der Waals surface area contributed by atoms with Crippen molar-refractivity contribution < 1.29 is 19.1 Å². The number of carbonyl (C=O) groups excluding carboxylic acids is 2. The zero-order valence-electron chi connectivity index (χ0n) is 15.3. The lowest BCUT2D eigenvalue weighted by molar-refractivity contribution is -0.135. The molecule has 4 rings (SSSR count). The first-order valence-corrected chi connectivity index (χ1v) is 9.68. The van der Waals surface area contributed by atoms with Crippen molar-refractivity contribution in [2.75, 3.05) is 13.3 Å². The van der Waals surface area contributed by atoms with E-state index < -0.39 is 6.04 Å². The van der Waals surface area contributed by atoms with Crippen LogP contribution < -0.4 is 14.8 Å². The maximum absolute atomic E-state index is 12.7. The van der Waals surface area contributed by atoms with E-state index in [1.165, 1.54) is 0 Å². The number of hydrogen-bond acceptors (Lipinski definition) is 4. The van der Waals surface area contributed by atoms with Gasteiger partial charge in [0.15, 0.2) is 11.5 Å². The summed E-state index contributed by atoms with van der Waals surface area (Å²) in [7, 11) is 0. The number of nitrogens with zero attached hydrogens (tertiary/aromatic N) is 1. The van der Waals surface area contributed by atoms with Crippen LogP contribution in [0.2, 0.25) is 5.02 Å². The van der Waals surface area contributed by atoms with Crippen LogP contribution in [0, 0.1) is 0 Å². The summed E-state index contributed by atoms with van der Waals surface area (Å²) in [6.07, 6.45) is 1.64. The zero-order valence-corrected chi connectivity index (χ0v) is 16.1. The molecule has 0 spiro atoms. The van der Waals surface area contributed by atoms with Crippen molar-refractivity contribution in [2.24, 2.45) is 0 Å². The van der Waals surface area contributed by atoms with Gasteiger partial charge in [0.2, 0.25) is 18.6 Å². The number of rotatable bonds is 6. The molecule has 28 heavy (non-hydrogen) atoms. The van der Waals surface area contributed by atoms with Crippen molar-refractivity contribution in [3.05, 3.63) is 58.6 Å². The highest BCUT2D eigenvalue weighted by Crippen LogP contribution is 2.33. The van der Waals surface area contributed by atoms with Crippen molar-refractivity contribution >= 4 is 23.4 Å². The van der Waals surface area contributed by atoms with Crippen molar-refractivity contribution in [1.29, 1.82) is 0 Å². The van der Waals surface area contributed by atoms with Gasteiger partial charge in [-0.15, -0.1) is 0 Å². The number of hydrogen-bond donors (Lipinski definition) is 1. The van der Waals surface area contributed by atoms with Crippen LogP contribution in [-0.2, 0) is 22.6 Å². The first kappa shape index (κ1) is 18.6. The molecule has 0 radical (unpaired) electrons. The molecule has 0 bridgehead atoms. The van der Waals surface area contributed by atoms with Gasteiger partial charge in [0.1, 0.15) is 6.04 Å². The number of halogens is 1. The Morgan fingerprint density at radius 3 is 2.68 bits per heavy atom. The first-order chi connectivity index (χ1) is 13.6. The van der Waals surface area contributed by atoms with Crippen LogP contribution in [0.4, 0.5) is 0 Å². The largest absolute Gasteiger partial charge is 0.454 e. The minimum absolute atomic E-state index is 0.00415. The molecular formula is C21H21ClN2O4. The van der Waals surface area contributed by atoms with Gasteiger partial charge >= 0.3 is 0 Å². The van der Waals surface area contributed by atoms with E-state index in [0.717, 1.165) is 11.1 Å². The van der Waals surface area contributed by atoms with Gasteiger partial charge in [-0.05, 0) is 48.2 Å². The number of benzene rings is 2. The summed E-state index contributed by atoms with van der Waals surface area (Å²) in [5.41, 5.74) is 2.02. The third kappa shape index (κ3) is 4.07. The minimum atomic E-state index is -0.442. The van der Waals surface area contributed by atoms with E-state index in [0.29, 0.717) is 48.9 Å². The third-order valence-electron chi connectivity index (χ3n) is 5.05. The monoisotopic (exact) mass is 400 g/mol. The topological polar surface area (TPSA) is 67.9 Å². The van der Waals surface area contributed by atoms with Gasteiger partial charge in [0.05, 0.1) is 0 Å². The van der Waals surface area contributed by atoms with Gasteiger partial charge < -0.3 is 19.7 Å². The van der Waals surface area contributed by atoms with Crippen LogP contribution in [0.1, 0.15) is 24.0 Å². The second kappa shape index (κ2) is 8.10. The lowest BCUT2D eigenvalue weighted by Crippen LogP contribution is -2.44. The smallest absolute Gasteiger partial charge is 0.242 e. The Bertz CT molecular complexity index is 884. The second-order valence-corrected chi connectivity index (χ2v) is 7.37. The van der Waals surface area contributed by atoms with Crippen LogP contribution in [-0.4, -0.2) is 36.1 Å². The predicted octanol–water partition coefficient (Wildman–Crippen LogP) is 2.92. The lowest BCUT2D eigenvalue weighted by atomic mass is 10.1. The Morgan fingerprint density at radius 1 is 1.11 bits per heavy atom. The standard InChI is InChI=1S/C21H21ClN2O4/c22-16-4-1-14(2-5-16)9-10-23-21(26)17-6-8-20(25)24(17)12-15-3-7-18-19(11-15)28-13-27-18/h1-5,7,11,17H,6,8-10,12-13H2,(H,23,26). The number of carbonyl (C=O) groups is 2. The average Bonchev–Trinajstić information content (AvgIpc) is 3.30. The maximum atomic E-state index is 12.7. The minimum Gasteiger partial charge on any atom is -0.454 e. The number of ether oxygens (including phenoxy) is 2. The molecule has 0 saturated carbocycles. The highest BCUT2D eigenvalue weighted by atomic mass is 35.5. The van der Waals surface area contributed by atoms with Gasteiger partial charge in [-0.25, -0.2) is 0 Å². The normalized spacial score (nSPS) is 17.8. The average molecular weight is 401 g/mol. The molecule has 1 unspecified atom stereocenters. The molecule has 2 aliphatic heterocycles. The number of fused-ring (bicyclic) bond motifs is 1. The summed E-state index contributed by atoms with van der Waals surface area (Å²) >= 11 is 5.89. The van der Waals surface area contributed by atoms with Crippen molar-refractivity contribution in [2.45, 2.75) is 31.8 Å². The SMILES string of the molecule is O=C(NCCc1ccc(Cl)cc1)C1CCC(=O)N1Cc1ccc2c(c1)OCO2. The van der Waals surface area contributed by atoms with Gasteiger partial charge in [-0.2, -0.15) is 0 Å². The first-order valence-electron chi connectivity index (χ1n) is 9.30. The highest BCUT2D eigenvalue weighted by Gasteiger charge is 2.35. The van der Waals surface area contributed by atoms with E-state index in [1.807, 2.05) is 42.5 Å². The highest BCUT2D eigenvalue weighted by molar-refractivity contribution is 6.30. The number of likely N-dealkylation sites (tertiary alicyclic amines) is 1. The molecule has 6 nitrogen and oxygen atoms in total. The Balaban J connectivity index is 1.35. The Kier molecular flexibility index (Phi) is 5.39. The second-order valence-electron chi connectivity index (χ2n) is 6.93. The summed E-state index contributed by atoms with van der Waals surface area (Å²) in [5, 5.41) is 3.65. The van der Waals surface area contributed by atoms with E-state index >= 15 is 0 Å². The molecule has 2 heterocycles. The third-order valence-corrected chi connectivity index (χ3v) is 5.30. The van der Waals surface area contributed by atoms with Gasteiger partial charge in [-0.3, -0.25) is 9.59 Å². The van der Waals surface area contributed by atoms with E-state index in [-0.39, 0.29) is 18.6 Å². The number of nitrogens with one attached hydrogen (secondary N) is 1. The van der Waals surface area contributed by atoms with Crippen LogP contribution in [0.3, 0.4) is 0 Å². The maximum Gasteiger partial charge on any atom is 0.242 e. The molecule has 146 valence electrons. The summed E-state index contributed by atoms with van der Waals surface area (Å²) in [5.74, 6) is 1.26. The van der Waals surface area contributed by atoms with Gasteiger partial charge in [-0.1, -0.05) is 29.8 Å².